The van der Waals surface area contributed by atoms with Gasteiger partial charge < -0.3 is 10.6 Å². The highest BCUT2D eigenvalue weighted by Gasteiger charge is 2.20. The van der Waals surface area contributed by atoms with Crippen molar-refractivity contribution in [3.05, 3.63) is 54.0 Å². The van der Waals surface area contributed by atoms with Gasteiger partial charge in [-0.2, -0.15) is 10.4 Å². The lowest BCUT2D eigenvalue weighted by molar-refractivity contribution is 0.0948. The molecule has 33 heavy (non-hydrogen) atoms. The minimum absolute atomic E-state index is 0.276. The van der Waals surface area contributed by atoms with E-state index in [4.69, 9.17) is 10.2 Å². The molecule has 2 N–H and O–H groups in total. The molecule has 1 atom stereocenters. The number of benzene rings is 1. The summed E-state index contributed by atoms with van der Waals surface area (Å²) in [6, 6.07) is 9.09. The van der Waals surface area contributed by atoms with Crippen molar-refractivity contribution in [1.82, 2.24) is 25.1 Å². The molecular weight excluding hydrogens is 414 g/mol. The Morgan fingerprint density at radius 1 is 1.18 bits per heavy atom. The molecule has 0 bridgehead atoms. The first kappa shape index (κ1) is 22.5. The van der Waals surface area contributed by atoms with E-state index in [1.807, 2.05) is 37.5 Å². The topological polar surface area (TPSA) is 109 Å². The number of carbonyl (C=O) groups excluding carboxylic acids is 1. The van der Waals surface area contributed by atoms with Crippen LogP contribution < -0.4 is 10.6 Å². The summed E-state index contributed by atoms with van der Waals surface area (Å²) in [6.45, 7) is 5.91. The molecule has 0 spiro atoms. The Balaban J connectivity index is 1.47. The summed E-state index contributed by atoms with van der Waals surface area (Å²) in [5.41, 5.74) is 3.97. The summed E-state index contributed by atoms with van der Waals surface area (Å²) in [4.78, 5) is 21.3. The summed E-state index contributed by atoms with van der Waals surface area (Å²) in [7, 11) is 0. The highest BCUT2D eigenvalue weighted by Crippen LogP contribution is 2.32. The van der Waals surface area contributed by atoms with Gasteiger partial charge in [-0.3, -0.25) is 9.48 Å². The second-order valence-electron chi connectivity index (χ2n) is 8.87. The van der Waals surface area contributed by atoms with E-state index in [1.54, 1.807) is 25.3 Å². The summed E-state index contributed by atoms with van der Waals surface area (Å²) in [5, 5.41) is 19.3. The predicted octanol–water partition coefficient (Wildman–Crippen LogP) is 4.79. The fourth-order valence-electron chi connectivity index (χ4n) is 4.12. The van der Waals surface area contributed by atoms with Gasteiger partial charge in [-0.1, -0.05) is 19.1 Å². The smallest absolute Gasteiger partial charge is 0.252 e. The summed E-state index contributed by atoms with van der Waals surface area (Å²) in [6.07, 6.45) is 10.4. The van der Waals surface area contributed by atoms with Crippen molar-refractivity contribution in [2.75, 3.05) is 5.32 Å². The first-order valence-corrected chi connectivity index (χ1v) is 11.4. The summed E-state index contributed by atoms with van der Waals surface area (Å²) >= 11 is 0. The zero-order valence-electron chi connectivity index (χ0n) is 19.2. The second kappa shape index (κ2) is 9.82. The van der Waals surface area contributed by atoms with Crippen molar-refractivity contribution in [2.24, 2.45) is 5.92 Å². The van der Waals surface area contributed by atoms with Crippen LogP contribution in [0, 0.1) is 24.2 Å². The van der Waals surface area contributed by atoms with Crippen LogP contribution in [0.2, 0.25) is 0 Å². The molecule has 0 radical (unpaired) electrons. The Hall–Kier alpha value is -3.73. The van der Waals surface area contributed by atoms with Crippen LogP contribution in [0.5, 0.6) is 0 Å². The Bertz CT molecular complexity index is 1150. The maximum atomic E-state index is 12.2. The number of nitrogens with one attached hydrogen (secondary N) is 2. The highest BCUT2D eigenvalue weighted by molar-refractivity contribution is 5.95. The van der Waals surface area contributed by atoms with Gasteiger partial charge in [-0.05, 0) is 63.1 Å². The number of rotatable bonds is 6. The molecule has 4 rings (SSSR count). The van der Waals surface area contributed by atoms with E-state index in [2.05, 4.69) is 32.3 Å². The van der Waals surface area contributed by atoms with Gasteiger partial charge in [0.2, 0.25) is 5.95 Å². The van der Waals surface area contributed by atoms with Crippen LogP contribution in [0.4, 0.5) is 11.6 Å². The molecule has 1 aliphatic rings. The van der Waals surface area contributed by atoms with E-state index in [0.29, 0.717) is 17.6 Å². The molecule has 8 heteroatoms. The molecule has 8 nitrogen and oxygen atoms in total. The number of anilines is 2. The monoisotopic (exact) mass is 443 g/mol. The fraction of sp³-hybridized carbons (Fsp3) is 0.400. The van der Waals surface area contributed by atoms with Crippen LogP contribution in [-0.4, -0.2) is 31.7 Å². The first-order chi connectivity index (χ1) is 15.9. The molecule has 0 unspecified atom stereocenters. The number of aryl methyl sites for hydroxylation is 1. The zero-order valence-corrected chi connectivity index (χ0v) is 19.2. The molecule has 0 saturated heterocycles. The van der Waals surface area contributed by atoms with Gasteiger partial charge in [0.1, 0.15) is 6.04 Å². The molecule has 1 fully saturated rings. The molecule has 2 aromatic heterocycles. The third kappa shape index (κ3) is 5.37. The predicted molar refractivity (Wildman–Crippen MR) is 127 cm³/mol. The molecule has 1 aliphatic carbocycles. The van der Waals surface area contributed by atoms with E-state index >= 15 is 0 Å². The Morgan fingerprint density at radius 3 is 2.61 bits per heavy atom. The van der Waals surface area contributed by atoms with E-state index in [0.717, 1.165) is 41.3 Å². The molecule has 1 saturated carbocycles. The van der Waals surface area contributed by atoms with Crippen LogP contribution in [0.3, 0.4) is 0 Å². The Morgan fingerprint density at radius 2 is 1.91 bits per heavy atom. The van der Waals surface area contributed by atoms with E-state index in [9.17, 15) is 4.79 Å². The normalized spacial score (nSPS) is 18.8. The maximum Gasteiger partial charge on any atom is 0.252 e. The number of amides is 1. The van der Waals surface area contributed by atoms with Crippen LogP contribution in [0.15, 0.2) is 42.9 Å². The van der Waals surface area contributed by atoms with Gasteiger partial charge in [0.05, 0.1) is 29.7 Å². The van der Waals surface area contributed by atoms with Crippen LogP contribution in [0.1, 0.15) is 61.5 Å². The lowest BCUT2D eigenvalue weighted by Gasteiger charge is -2.26. The summed E-state index contributed by atoms with van der Waals surface area (Å²) in [5.74, 6) is 1.03. The maximum absolute atomic E-state index is 12.2. The van der Waals surface area contributed by atoms with Gasteiger partial charge in [0.25, 0.3) is 5.91 Å². The molecule has 1 amide bonds. The van der Waals surface area contributed by atoms with Crippen LogP contribution in [-0.2, 0) is 0 Å². The molecule has 170 valence electrons. The van der Waals surface area contributed by atoms with Gasteiger partial charge in [0.15, 0.2) is 0 Å². The third-order valence-electron chi connectivity index (χ3n) is 6.15. The molecule has 0 aliphatic heterocycles. The summed E-state index contributed by atoms with van der Waals surface area (Å²) < 4.78 is 2.06. The van der Waals surface area contributed by atoms with Crippen molar-refractivity contribution in [2.45, 2.75) is 58.5 Å². The standard InChI is InChI=1S/C25H29N7O/c1-16-4-10-22(11-5-16)32-15-21(14-28-32)30-25-27-13-17(2)23(31-25)19-6-8-20(9-7-19)24(33)29-18(3)12-26/h6-9,13-16,18,22H,4-5,10-11H2,1-3H3,(H,29,33)(H,27,30,31)/t16-,18-,22+/m0/s1. The van der Waals surface area contributed by atoms with E-state index in [1.165, 1.54) is 12.8 Å². The van der Waals surface area contributed by atoms with Gasteiger partial charge >= 0.3 is 0 Å². The fourth-order valence-corrected chi connectivity index (χ4v) is 4.12. The quantitative estimate of drug-likeness (QED) is 0.567. The van der Waals surface area contributed by atoms with Gasteiger partial charge in [0, 0.05) is 23.5 Å². The number of hydrogen-bond donors (Lipinski definition) is 2. The molecule has 1 aromatic carbocycles. The largest absolute Gasteiger partial charge is 0.337 e. The molecule has 3 aromatic rings. The average Bonchev–Trinajstić information content (AvgIpc) is 3.29. The molecular formula is C25H29N7O. The Kier molecular flexibility index (Phi) is 6.68. The lowest BCUT2D eigenvalue weighted by Crippen LogP contribution is -2.31. The van der Waals surface area contributed by atoms with Crippen molar-refractivity contribution < 1.29 is 4.79 Å². The van der Waals surface area contributed by atoms with Crippen molar-refractivity contribution in [3.63, 3.8) is 0 Å². The zero-order chi connectivity index (χ0) is 23.4. The minimum Gasteiger partial charge on any atom is -0.337 e. The SMILES string of the molecule is Cc1cnc(Nc2cnn([C@H]3CC[C@@H](C)CC3)c2)nc1-c1ccc(C(=O)N[C@@H](C)C#N)cc1. The highest BCUT2D eigenvalue weighted by atomic mass is 16.1. The lowest BCUT2D eigenvalue weighted by atomic mass is 9.87. The number of hydrogen-bond acceptors (Lipinski definition) is 6. The number of nitriles is 1. The number of aromatic nitrogens is 4. The van der Waals surface area contributed by atoms with E-state index < -0.39 is 6.04 Å². The van der Waals surface area contributed by atoms with Gasteiger partial charge in [-0.25, -0.2) is 9.97 Å². The molecule has 2 heterocycles. The van der Waals surface area contributed by atoms with Crippen LogP contribution >= 0.6 is 0 Å². The number of carbonyl (C=O) groups is 1. The van der Waals surface area contributed by atoms with Gasteiger partial charge in [-0.15, -0.1) is 0 Å². The van der Waals surface area contributed by atoms with Crippen molar-refractivity contribution in [3.8, 4) is 17.3 Å². The van der Waals surface area contributed by atoms with Crippen LogP contribution in [0.25, 0.3) is 11.3 Å². The second-order valence-corrected chi connectivity index (χ2v) is 8.87. The first-order valence-electron chi connectivity index (χ1n) is 11.4. The number of nitrogens with zero attached hydrogens (tertiary/aromatic N) is 5. The van der Waals surface area contributed by atoms with E-state index in [-0.39, 0.29) is 5.91 Å². The average molecular weight is 444 g/mol. The van der Waals surface area contributed by atoms with Crippen molar-refractivity contribution in [1.29, 1.82) is 5.26 Å². The third-order valence-corrected chi connectivity index (χ3v) is 6.15. The minimum atomic E-state index is -0.541. The van der Waals surface area contributed by atoms with Crippen molar-refractivity contribution >= 4 is 17.5 Å². The Labute approximate surface area is 194 Å².